The van der Waals surface area contributed by atoms with Crippen molar-refractivity contribution in [1.82, 2.24) is 20.1 Å². The van der Waals surface area contributed by atoms with Gasteiger partial charge in [0.05, 0.1) is 0 Å². The number of nitrogens with zero attached hydrogens (tertiary/aromatic N) is 4. The van der Waals surface area contributed by atoms with E-state index in [9.17, 15) is 0 Å². The molecule has 1 aromatic carbocycles. The molecule has 0 saturated heterocycles. The lowest BCUT2D eigenvalue weighted by Crippen LogP contribution is -1.86. The van der Waals surface area contributed by atoms with E-state index in [4.69, 9.17) is 4.52 Å². The van der Waals surface area contributed by atoms with E-state index in [0.717, 1.165) is 10.8 Å². The Labute approximate surface area is 120 Å². The molecule has 0 bridgehead atoms. The van der Waals surface area contributed by atoms with Gasteiger partial charge in [0.15, 0.2) is 0 Å². The van der Waals surface area contributed by atoms with Crippen LogP contribution in [0, 0.1) is 0 Å². The predicted molar refractivity (Wildman–Crippen MR) is 78.3 cm³/mol. The molecule has 0 amide bonds. The SMILES string of the molecule is c1ccc(-c2noc(-c3cc4ccccc4cn3)n2)nc1. The number of hydrogen-bond acceptors (Lipinski definition) is 5. The fourth-order valence-corrected chi connectivity index (χ4v) is 2.13. The molecular formula is C16H10N4O. The summed E-state index contributed by atoms with van der Waals surface area (Å²) in [5.74, 6) is 0.849. The Morgan fingerprint density at radius 1 is 0.810 bits per heavy atom. The fraction of sp³-hybridized carbons (Fsp3) is 0. The summed E-state index contributed by atoms with van der Waals surface area (Å²) in [6.07, 6.45) is 3.49. The Morgan fingerprint density at radius 2 is 1.67 bits per heavy atom. The van der Waals surface area contributed by atoms with Gasteiger partial charge in [-0.05, 0) is 23.6 Å². The van der Waals surface area contributed by atoms with Gasteiger partial charge in [0.2, 0.25) is 5.82 Å². The third-order valence-corrected chi connectivity index (χ3v) is 3.17. The number of aromatic nitrogens is 4. The van der Waals surface area contributed by atoms with Crippen LogP contribution >= 0.6 is 0 Å². The Balaban J connectivity index is 1.77. The average molecular weight is 274 g/mol. The zero-order valence-corrected chi connectivity index (χ0v) is 11.0. The smallest absolute Gasteiger partial charge is 0.276 e. The van der Waals surface area contributed by atoms with Gasteiger partial charge in [0.25, 0.3) is 5.89 Å². The highest BCUT2D eigenvalue weighted by Gasteiger charge is 2.12. The number of fused-ring (bicyclic) bond motifs is 1. The molecule has 0 aliphatic rings. The molecule has 3 aromatic heterocycles. The standard InChI is InChI=1S/C16H10N4O/c1-2-6-12-10-18-14(9-11(12)5-1)16-19-15(20-21-16)13-7-3-4-8-17-13/h1-10H. The first kappa shape index (κ1) is 11.7. The van der Waals surface area contributed by atoms with Gasteiger partial charge in [-0.2, -0.15) is 4.98 Å². The molecular weight excluding hydrogens is 264 g/mol. The van der Waals surface area contributed by atoms with Crippen molar-refractivity contribution in [1.29, 1.82) is 0 Å². The summed E-state index contributed by atoms with van der Waals surface area (Å²) in [5, 5.41) is 6.11. The van der Waals surface area contributed by atoms with Crippen molar-refractivity contribution in [3.05, 3.63) is 60.9 Å². The van der Waals surface area contributed by atoms with Crippen LogP contribution in [0.25, 0.3) is 33.9 Å². The van der Waals surface area contributed by atoms with Gasteiger partial charge in [-0.25, -0.2) is 0 Å². The summed E-state index contributed by atoms with van der Waals surface area (Å²) < 4.78 is 5.29. The molecule has 5 nitrogen and oxygen atoms in total. The third kappa shape index (κ3) is 2.14. The molecule has 0 aliphatic carbocycles. The highest BCUT2D eigenvalue weighted by atomic mass is 16.5. The van der Waals surface area contributed by atoms with Crippen molar-refractivity contribution in [2.45, 2.75) is 0 Å². The van der Waals surface area contributed by atoms with Crippen LogP contribution in [-0.4, -0.2) is 20.1 Å². The summed E-state index contributed by atoms with van der Waals surface area (Å²) in [6.45, 7) is 0. The van der Waals surface area contributed by atoms with Crippen molar-refractivity contribution >= 4 is 10.8 Å². The van der Waals surface area contributed by atoms with E-state index in [1.165, 1.54) is 0 Å². The van der Waals surface area contributed by atoms with E-state index < -0.39 is 0 Å². The Bertz CT molecular complexity index is 902. The van der Waals surface area contributed by atoms with Crippen LogP contribution < -0.4 is 0 Å². The topological polar surface area (TPSA) is 64.7 Å². The first-order valence-electron chi connectivity index (χ1n) is 6.50. The quantitative estimate of drug-likeness (QED) is 0.561. The minimum Gasteiger partial charge on any atom is -0.332 e. The minimum atomic E-state index is 0.390. The van der Waals surface area contributed by atoms with Gasteiger partial charge in [-0.15, -0.1) is 0 Å². The largest absolute Gasteiger partial charge is 0.332 e. The molecule has 4 aromatic rings. The second-order valence-electron chi connectivity index (χ2n) is 4.55. The third-order valence-electron chi connectivity index (χ3n) is 3.17. The number of benzene rings is 1. The zero-order chi connectivity index (χ0) is 14.1. The van der Waals surface area contributed by atoms with Crippen molar-refractivity contribution in [3.63, 3.8) is 0 Å². The minimum absolute atomic E-state index is 0.390. The van der Waals surface area contributed by atoms with E-state index >= 15 is 0 Å². The van der Waals surface area contributed by atoms with Crippen molar-refractivity contribution in [3.8, 4) is 23.1 Å². The Hall–Kier alpha value is -3.08. The van der Waals surface area contributed by atoms with Gasteiger partial charge in [-0.3, -0.25) is 9.97 Å². The summed E-state index contributed by atoms with van der Waals surface area (Å²) in [7, 11) is 0. The lowest BCUT2D eigenvalue weighted by molar-refractivity contribution is 0.431. The second kappa shape index (κ2) is 4.79. The second-order valence-corrected chi connectivity index (χ2v) is 4.55. The highest BCUT2D eigenvalue weighted by Crippen LogP contribution is 2.22. The monoisotopic (exact) mass is 274 g/mol. The van der Waals surface area contributed by atoms with Gasteiger partial charge in [0, 0.05) is 17.8 Å². The lowest BCUT2D eigenvalue weighted by atomic mass is 10.1. The molecule has 4 rings (SSSR count). The summed E-state index contributed by atoms with van der Waals surface area (Å²) >= 11 is 0. The average Bonchev–Trinajstić information content (AvgIpc) is 3.05. The van der Waals surface area contributed by atoms with E-state index in [1.54, 1.807) is 12.4 Å². The number of hydrogen-bond donors (Lipinski definition) is 0. The van der Waals surface area contributed by atoms with Crippen molar-refractivity contribution < 1.29 is 4.52 Å². The maximum Gasteiger partial charge on any atom is 0.276 e. The summed E-state index contributed by atoms with van der Waals surface area (Å²) in [6, 6.07) is 15.5. The van der Waals surface area contributed by atoms with E-state index in [0.29, 0.717) is 23.1 Å². The van der Waals surface area contributed by atoms with E-state index in [-0.39, 0.29) is 0 Å². The molecule has 0 fully saturated rings. The van der Waals surface area contributed by atoms with Crippen LogP contribution in [0.2, 0.25) is 0 Å². The molecule has 0 radical (unpaired) electrons. The maximum absolute atomic E-state index is 5.29. The summed E-state index contributed by atoms with van der Waals surface area (Å²) in [5.41, 5.74) is 1.33. The highest BCUT2D eigenvalue weighted by molar-refractivity contribution is 5.84. The fourth-order valence-electron chi connectivity index (χ4n) is 2.13. The Morgan fingerprint density at radius 3 is 2.52 bits per heavy atom. The van der Waals surface area contributed by atoms with Crippen LogP contribution in [0.15, 0.2) is 65.4 Å². The molecule has 0 aliphatic heterocycles. The van der Waals surface area contributed by atoms with Gasteiger partial charge in [0.1, 0.15) is 11.4 Å². The Kier molecular flexibility index (Phi) is 2.67. The van der Waals surface area contributed by atoms with Crippen LogP contribution in [0.4, 0.5) is 0 Å². The van der Waals surface area contributed by atoms with Gasteiger partial charge in [-0.1, -0.05) is 35.5 Å². The van der Waals surface area contributed by atoms with Crippen molar-refractivity contribution in [2.24, 2.45) is 0 Å². The molecule has 0 atom stereocenters. The molecule has 3 heterocycles. The predicted octanol–water partition coefficient (Wildman–Crippen LogP) is 3.35. The molecule has 0 spiro atoms. The molecule has 0 unspecified atom stereocenters. The molecule has 0 saturated carbocycles. The van der Waals surface area contributed by atoms with Gasteiger partial charge < -0.3 is 4.52 Å². The number of pyridine rings is 2. The van der Waals surface area contributed by atoms with Crippen LogP contribution in [-0.2, 0) is 0 Å². The normalized spacial score (nSPS) is 10.9. The van der Waals surface area contributed by atoms with E-state index in [2.05, 4.69) is 20.1 Å². The molecule has 100 valence electrons. The lowest BCUT2D eigenvalue weighted by Gasteiger charge is -1.98. The maximum atomic E-state index is 5.29. The zero-order valence-electron chi connectivity index (χ0n) is 11.0. The van der Waals surface area contributed by atoms with Crippen molar-refractivity contribution in [2.75, 3.05) is 0 Å². The first-order valence-corrected chi connectivity index (χ1v) is 6.50. The molecule has 21 heavy (non-hydrogen) atoms. The van der Waals surface area contributed by atoms with Crippen LogP contribution in [0.5, 0.6) is 0 Å². The van der Waals surface area contributed by atoms with E-state index in [1.807, 2.05) is 48.5 Å². The van der Waals surface area contributed by atoms with Crippen LogP contribution in [0.1, 0.15) is 0 Å². The first-order chi connectivity index (χ1) is 10.4. The van der Waals surface area contributed by atoms with Gasteiger partial charge >= 0.3 is 0 Å². The summed E-state index contributed by atoms with van der Waals surface area (Å²) in [4.78, 5) is 12.9. The molecule has 5 heteroatoms. The number of rotatable bonds is 2. The van der Waals surface area contributed by atoms with Crippen LogP contribution in [0.3, 0.4) is 0 Å². The molecule has 0 N–H and O–H groups in total.